The number of amides is 2. The third-order valence-corrected chi connectivity index (χ3v) is 4.22. The second-order valence-electron chi connectivity index (χ2n) is 6.60. The van der Waals surface area contributed by atoms with Crippen molar-refractivity contribution >= 4 is 29.2 Å². The molecule has 27 heavy (non-hydrogen) atoms. The topological polar surface area (TPSA) is 95.9 Å². The number of nitrogens with one attached hydrogen (secondary N) is 1. The van der Waals surface area contributed by atoms with Crippen molar-refractivity contribution in [3.63, 3.8) is 0 Å². The number of ether oxygens (including phenoxy) is 1. The third-order valence-electron chi connectivity index (χ3n) is 4.22. The molecule has 0 saturated heterocycles. The van der Waals surface area contributed by atoms with Gasteiger partial charge in [0.2, 0.25) is 5.91 Å². The zero-order chi connectivity index (χ0) is 19.7. The van der Waals surface area contributed by atoms with Crippen LogP contribution in [0.2, 0.25) is 0 Å². The molecular weight excluding hydrogens is 348 g/mol. The van der Waals surface area contributed by atoms with E-state index in [-0.39, 0.29) is 23.7 Å². The van der Waals surface area contributed by atoms with Crippen molar-refractivity contribution in [3.8, 4) is 5.75 Å². The molecule has 1 aliphatic rings. The first-order valence-electron chi connectivity index (χ1n) is 8.48. The van der Waals surface area contributed by atoms with E-state index in [9.17, 15) is 19.5 Å². The van der Waals surface area contributed by atoms with Crippen molar-refractivity contribution in [2.75, 3.05) is 16.8 Å². The molecule has 0 aliphatic carbocycles. The maximum absolute atomic E-state index is 12.5. The van der Waals surface area contributed by atoms with Crippen LogP contribution in [0.15, 0.2) is 36.4 Å². The van der Waals surface area contributed by atoms with Gasteiger partial charge in [0.25, 0.3) is 5.91 Å². The van der Waals surface area contributed by atoms with E-state index < -0.39 is 18.0 Å². The van der Waals surface area contributed by atoms with E-state index >= 15 is 0 Å². The summed E-state index contributed by atoms with van der Waals surface area (Å²) in [5.41, 5.74) is 2.95. The van der Waals surface area contributed by atoms with Crippen molar-refractivity contribution in [1.29, 1.82) is 0 Å². The van der Waals surface area contributed by atoms with Crippen molar-refractivity contribution < 1.29 is 24.2 Å². The van der Waals surface area contributed by atoms with E-state index in [0.29, 0.717) is 11.4 Å². The summed E-state index contributed by atoms with van der Waals surface area (Å²) in [5, 5.41) is 12.0. The number of anilines is 2. The maximum Gasteiger partial charge on any atom is 0.335 e. The first kappa shape index (κ1) is 18.4. The van der Waals surface area contributed by atoms with Crippen LogP contribution >= 0.6 is 0 Å². The Morgan fingerprint density at radius 1 is 1.15 bits per heavy atom. The van der Waals surface area contributed by atoms with E-state index in [1.165, 1.54) is 23.1 Å². The number of hydrogen-bond acceptors (Lipinski definition) is 4. The largest absolute Gasteiger partial charge is 0.479 e. The number of aryl methyl sites for hydroxylation is 2. The van der Waals surface area contributed by atoms with Crippen LogP contribution in [0.5, 0.6) is 5.75 Å². The van der Waals surface area contributed by atoms with Crippen LogP contribution in [0.3, 0.4) is 0 Å². The fraction of sp³-hybridized carbons (Fsp3) is 0.250. The predicted octanol–water partition coefficient (Wildman–Crippen LogP) is 2.75. The summed E-state index contributed by atoms with van der Waals surface area (Å²) in [6.07, 6.45) is -0.762. The first-order valence-corrected chi connectivity index (χ1v) is 8.48. The molecular formula is C20H20N2O5. The molecule has 2 N–H and O–H groups in total. The van der Waals surface area contributed by atoms with Gasteiger partial charge in [-0.2, -0.15) is 0 Å². The average molecular weight is 368 g/mol. The SMILES string of the molecule is Cc1cc(C)cc(NC(=O)CN2C(=O)C(C)Oc3ccc(C(=O)O)cc32)c1. The highest BCUT2D eigenvalue weighted by molar-refractivity contribution is 6.07. The van der Waals surface area contributed by atoms with Gasteiger partial charge in [0, 0.05) is 5.69 Å². The van der Waals surface area contributed by atoms with E-state index in [1.807, 2.05) is 32.0 Å². The molecule has 0 radical (unpaired) electrons. The van der Waals surface area contributed by atoms with E-state index in [4.69, 9.17) is 4.74 Å². The minimum Gasteiger partial charge on any atom is -0.479 e. The van der Waals surface area contributed by atoms with Crippen LogP contribution in [0, 0.1) is 13.8 Å². The van der Waals surface area contributed by atoms with Crippen LogP contribution in [0.25, 0.3) is 0 Å². The lowest BCUT2D eigenvalue weighted by Crippen LogP contribution is -2.47. The Kier molecular flexibility index (Phi) is 4.85. The van der Waals surface area contributed by atoms with Crippen LogP contribution < -0.4 is 15.0 Å². The molecule has 1 atom stereocenters. The number of carboxylic acids is 1. The van der Waals surface area contributed by atoms with Gasteiger partial charge in [-0.05, 0) is 62.2 Å². The Morgan fingerprint density at radius 3 is 2.44 bits per heavy atom. The lowest BCUT2D eigenvalue weighted by atomic mass is 10.1. The zero-order valence-electron chi connectivity index (χ0n) is 15.3. The molecule has 0 aromatic heterocycles. The number of benzene rings is 2. The number of rotatable bonds is 4. The van der Waals surface area contributed by atoms with E-state index in [1.54, 1.807) is 6.92 Å². The van der Waals surface area contributed by atoms with Crippen molar-refractivity contribution in [3.05, 3.63) is 53.1 Å². The molecule has 2 amide bonds. The van der Waals surface area contributed by atoms with Gasteiger partial charge in [-0.25, -0.2) is 4.79 Å². The van der Waals surface area contributed by atoms with Crippen molar-refractivity contribution in [1.82, 2.24) is 0 Å². The predicted molar refractivity (Wildman–Crippen MR) is 100 cm³/mol. The number of aromatic carboxylic acids is 1. The molecule has 3 rings (SSSR count). The summed E-state index contributed by atoms with van der Waals surface area (Å²) >= 11 is 0. The lowest BCUT2D eigenvalue weighted by Gasteiger charge is -2.32. The molecule has 7 nitrogen and oxygen atoms in total. The number of hydrogen-bond donors (Lipinski definition) is 2. The Balaban J connectivity index is 1.86. The van der Waals surface area contributed by atoms with Gasteiger partial charge >= 0.3 is 5.97 Å². The molecule has 0 bridgehead atoms. The number of nitrogens with zero attached hydrogens (tertiary/aromatic N) is 1. The van der Waals surface area contributed by atoms with Gasteiger partial charge in [0.15, 0.2) is 6.10 Å². The van der Waals surface area contributed by atoms with Crippen LogP contribution in [0.4, 0.5) is 11.4 Å². The highest BCUT2D eigenvalue weighted by Gasteiger charge is 2.33. The molecule has 0 saturated carbocycles. The van der Waals surface area contributed by atoms with Gasteiger partial charge in [-0.15, -0.1) is 0 Å². The fourth-order valence-electron chi connectivity index (χ4n) is 3.09. The summed E-state index contributed by atoms with van der Waals surface area (Å²) in [5.74, 6) is -1.54. The summed E-state index contributed by atoms with van der Waals surface area (Å²) in [6.45, 7) is 5.21. The fourth-order valence-corrected chi connectivity index (χ4v) is 3.09. The van der Waals surface area contributed by atoms with Gasteiger partial charge in [-0.3, -0.25) is 14.5 Å². The Morgan fingerprint density at radius 2 is 1.81 bits per heavy atom. The zero-order valence-corrected chi connectivity index (χ0v) is 15.3. The number of carbonyl (C=O) groups is 3. The van der Waals surface area contributed by atoms with Crippen LogP contribution in [-0.2, 0) is 9.59 Å². The minimum absolute atomic E-state index is 0.0134. The molecule has 1 heterocycles. The van der Waals surface area contributed by atoms with Gasteiger partial charge < -0.3 is 15.2 Å². The second kappa shape index (κ2) is 7.11. The Hall–Kier alpha value is -3.35. The molecule has 0 fully saturated rings. The van der Waals surface area contributed by atoms with Crippen LogP contribution in [0.1, 0.15) is 28.4 Å². The Bertz CT molecular complexity index is 918. The normalized spacial score (nSPS) is 15.7. The number of carbonyl (C=O) groups excluding carboxylic acids is 2. The van der Waals surface area contributed by atoms with Gasteiger partial charge in [0.1, 0.15) is 12.3 Å². The third kappa shape index (κ3) is 3.92. The van der Waals surface area contributed by atoms with Crippen LogP contribution in [-0.4, -0.2) is 35.5 Å². The summed E-state index contributed by atoms with van der Waals surface area (Å²) < 4.78 is 5.52. The molecule has 2 aromatic rings. The van der Waals surface area contributed by atoms with Crippen molar-refractivity contribution in [2.45, 2.75) is 26.9 Å². The molecule has 1 aliphatic heterocycles. The molecule has 1 unspecified atom stereocenters. The minimum atomic E-state index is -1.12. The highest BCUT2D eigenvalue weighted by atomic mass is 16.5. The quantitative estimate of drug-likeness (QED) is 0.865. The smallest absolute Gasteiger partial charge is 0.335 e. The lowest BCUT2D eigenvalue weighted by molar-refractivity contribution is -0.127. The molecule has 2 aromatic carbocycles. The summed E-state index contributed by atoms with van der Waals surface area (Å²) in [6, 6.07) is 9.91. The standard InChI is InChI=1S/C20H20N2O5/c1-11-6-12(2)8-15(7-11)21-18(23)10-22-16-9-14(20(25)26)4-5-17(16)27-13(3)19(22)24/h4-9,13H,10H2,1-3H3,(H,21,23)(H,25,26). The van der Waals surface area contributed by atoms with Gasteiger partial charge in [0.05, 0.1) is 11.3 Å². The highest BCUT2D eigenvalue weighted by Crippen LogP contribution is 2.35. The van der Waals surface area contributed by atoms with E-state index in [2.05, 4.69) is 5.32 Å². The maximum atomic E-state index is 12.5. The van der Waals surface area contributed by atoms with Crippen molar-refractivity contribution in [2.24, 2.45) is 0 Å². The molecule has 0 spiro atoms. The molecule has 140 valence electrons. The number of fused-ring (bicyclic) bond motifs is 1. The summed E-state index contributed by atoms with van der Waals surface area (Å²) in [7, 11) is 0. The molecule has 7 heteroatoms. The second-order valence-corrected chi connectivity index (χ2v) is 6.60. The van der Waals surface area contributed by atoms with Gasteiger partial charge in [-0.1, -0.05) is 6.07 Å². The Labute approximate surface area is 156 Å². The van der Waals surface area contributed by atoms with E-state index in [0.717, 1.165) is 11.1 Å². The summed E-state index contributed by atoms with van der Waals surface area (Å²) in [4.78, 5) is 37.6. The monoisotopic (exact) mass is 368 g/mol. The average Bonchev–Trinajstić information content (AvgIpc) is 2.57. The first-order chi connectivity index (χ1) is 12.7. The number of carboxylic acid groups (broad SMARTS) is 1.